The number of hydrogen-bond acceptors (Lipinski definition) is 10. The number of rotatable bonds is 14. The third kappa shape index (κ3) is 8.62. The molecule has 0 aliphatic rings. The third-order valence-electron chi connectivity index (χ3n) is 3.76. The molecule has 0 aliphatic carbocycles. The fourth-order valence-electron chi connectivity index (χ4n) is 2.30. The summed E-state index contributed by atoms with van der Waals surface area (Å²) >= 11 is 0. The average molecular weight is 356 g/mol. The summed E-state index contributed by atoms with van der Waals surface area (Å²) in [5.41, 5.74) is 5.45. The zero-order chi connectivity index (χ0) is 18.7. The Morgan fingerprint density at radius 3 is 1.33 bits per heavy atom. The van der Waals surface area contributed by atoms with E-state index in [4.69, 9.17) is 15.9 Å². The van der Waals surface area contributed by atoms with E-state index in [1.54, 1.807) is 0 Å². The monoisotopic (exact) mass is 356 g/mol. The van der Waals surface area contributed by atoms with Gasteiger partial charge in [0.25, 0.3) is 0 Å². The summed E-state index contributed by atoms with van der Waals surface area (Å²) in [5, 5.41) is 76.1. The van der Waals surface area contributed by atoms with Gasteiger partial charge in [-0.3, -0.25) is 4.90 Å². The standard InChI is InChI=1S/C14H32N2O8/c15-3-4-16(7-11(21)13(23)9(19)1-5-17)8-12(22)14(24)10(20)2-6-18/h9-14,17-24H,1-8,15H2/t9-,10-,11+,12+,13+,14+/m1/s1. The van der Waals surface area contributed by atoms with E-state index < -0.39 is 36.6 Å². The molecule has 24 heavy (non-hydrogen) atoms. The zero-order valence-corrected chi connectivity index (χ0v) is 13.7. The molecule has 0 radical (unpaired) electrons. The Balaban J connectivity index is 4.62. The van der Waals surface area contributed by atoms with Crippen molar-refractivity contribution in [1.82, 2.24) is 4.90 Å². The van der Waals surface area contributed by atoms with Gasteiger partial charge in [0.05, 0.1) is 24.4 Å². The van der Waals surface area contributed by atoms with E-state index in [-0.39, 0.29) is 52.2 Å². The van der Waals surface area contributed by atoms with Crippen molar-refractivity contribution >= 4 is 0 Å². The second kappa shape index (κ2) is 12.9. The first-order valence-electron chi connectivity index (χ1n) is 8.00. The molecule has 0 unspecified atom stereocenters. The number of nitrogens with zero attached hydrogens (tertiary/aromatic N) is 1. The minimum absolute atomic E-state index is 0.0934. The third-order valence-corrected chi connectivity index (χ3v) is 3.76. The SMILES string of the molecule is NCCN(C[C@H](O)[C@@H](O)[C@H](O)CCO)C[C@H](O)[C@@H](O)[C@H](O)CCO. The van der Waals surface area contributed by atoms with Crippen LogP contribution in [-0.4, -0.2) is 122 Å². The lowest BCUT2D eigenvalue weighted by atomic mass is 10.0. The number of aliphatic hydroxyl groups excluding tert-OH is 8. The summed E-state index contributed by atoms with van der Waals surface area (Å²) in [7, 11) is 0. The van der Waals surface area contributed by atoms with Crippen molar-refractivity contribution in [3.05, 3.63) is 0 Å². The van der Waals surface area contributed by atoms with Crippen LogP contribution < -0.4 is 5.73 Å². The Morgan fingerprint density at radius 1 is 0.667 bits per heavy atom. The van der Waals surface area contributed by atoms with Crippen LogP contribution in [0.4, 0.5) is 0 Å². The van der Waals surface area contributed by atoms with Crippen LogP contribution in [0.25, 0.3) is 0 Å². The fraction of sp³-hybridized carbons (Fsp3) is 1.00. The fourth-order valence-corrected chi connectivity index (χ4v) is 2.30. The first kappa shape index (κ1) is 23.6. The average Bonchev–Trinajstić information content (AvgIpc) is 2.53. The summed E-state index contributed by atoms with van der Waals surface area (Å²) in [6.07, 6.45) is -8.47. The molecule has 0 saturated heterocycles. The smallest absolute Gasteiger partial charge is 0.107 e. The van der Waals surface area contributed by atoms with E-state index in [9.17, 15) is 30.6 Å². The molecule has 0 saturated carbocycles. The summed E-state index contributed by atoms with van der Waals surface area (Å²) in [6.45, 7) is -0.540. The van der Waals surface area contributed by atoms with Gasteiger partial charge in [-0.2, -0.15) is 0 Å². The zero-order valence-electron chi connectivity index (χ0n) is 13.7. The van der Waals surface area contributed by atoms with E-state index in [0.717, 1.165) is 0 Å². The van der Waals surface area contributed by atoms with Crippen LogP contribution in [0, 0.1) is 0 Å². The van der Waals surface area contributed by atoms with Gasteiger partial charge >= 0.3 is 0 Å². The van der Waals surface area contributed by atoms with Gasteiger partial charge in [-0.1, -0.05) is 0 Å². The number of aliphatic hydroxyl groups is 8. The molecule has 10 N–H and O–H groups in total. The molecule has 0 bridgehead atoms. The Bertz CT molecular complexity index is 286. The quantitative estimate of drug-likeness (QED) is 0.146. The summed E-state index contributed by atoms with van der Waals surface area (Å²) < 4.78 is 0. The lowest BCUT2D eigenvalue weighted by Gasteiger charge is -2.32. The molecule has 10 nitrogen and oxygen atoms in total. The summed E-state index contributed by atoms with van der Waals surface area (Å²) in [6, 6.07) is 0. The van der Waals surface area contributed by atoms with Crippen molar-refractivity contribution in [3.8, 4) is 0 Å². The van der Waals surface area contributed by atoms with Crippen molar-refractivity contribution in [2.24, 2.45) is 5.73 Å². The van der Waals surface area contributed by atoms with Crippen molar-refractivity contribution in [2.75, 3.05) is 39.4 Å². The number of nitrogens with two attached hydrogens (primary N) is 1. The molecule has 0 heterocycles. The number of hydrogen-bond donors (Lipinski definition) is 9. The lowest BCUT2D eigenvalue weighted by molar-refractivity contribution is -0.0918. The van der Waals surface area contributed by atoms with E-state index in [1.165, 1.54) is 4.90 Å². The van der Waals surface area contributed by atoms with Crippen LogP contribution in [0.15, 0.2) is 0 Å². The Hall–Kier alpha value is -0.400. The molecular weight excluding hydrogens is 324 g/mol. The van der Waals surface area contributed by atoms with Gasteiger partial charge in [-0.15, -0.1) is 0 Å². The van der Waals surface area contributed by atoms with E-state index in [1.807, 2.05) is 0 Å². The molecule has 146 valence electrons. The largest absolute Gasteiger partial charge is 0.396 e. The molecule has 10 heteroatoms. The van der Waals surface area contributed by atoms with Gasteiger partial charge in [0, 0.05) is 39.4 Å². The second-order valence-electron chi connectivity index (χ2n) is 5.82. The Morgan fingerprint density at radius 2 is 1.04 bits per heavy atom. The van der Waals surface area contributed by atoms with Crippen LogP contribution in [0.3, 0.4) is 0 Å². The van der Waals surface area contributed by atoms with Crippen LogP contribution >= 0.6 is 0 Å². The van der Waals surface area contributed by atoms with Crippen molar-refractivity contribution in [2.45, 2.75) is 49.5 Å². The maximum absolute atomic E-state index is 9.96. The normalized spacial score (nSPS) is 19.8. The molecule has 6 atom stereocenters. The Kier molecular flexibility index (Phi) is 12.7. The minimum atomic E-state index is -1.49. The first-order valence-corrected chi connectivity index (χ1v) is 8.00. The molecule has 0 fully saturated rings. The van der Waals surface area contributed by atoms with Crippen molar-refractivity contribution in [1.29, 1.82) is 0 Å². The predicted octanol–water partition coefficient (Wildman–Crippen LogP) is -4.82. The maximum atomic E-state index is 9.96. The minimum Gasteiger partial charge on any atom is -0.396 e. The highest BCUT2D eigenvalue weighted by Gasteiger charge is 2.29. The van der Waals surface area contributed by atoms with Gasteiger partial charge in [0.1, 0.15) is 12.2 Å². The maximum Gasteiger partial charge on any atom is 0.107 e. The topological polar surface area (TPSA) is 191 Å². The lowest BCUT2D eigenvalue weighted by Crippen LogP contribution is -2.50. The van der Waals surface area contributed by atoms with E-state index >= 15 is 0 Å². The van der Waals surface area contributed by atoms with Gasteiger partial charge in [-0.25, -0.2) is 0 Å². The predicted molar refractivity (Wildman–Crippen MR) is 84.9 cm³/mol. The van der Waals surface area contributed by atoms with Gasteiger partial charge in [0.2, 0.25) is 0 Å². The van der Waals surface area contributed by atoms with Crippen LogP contribution in [0.5, 0.6) is 0 Å². The molecule has 0 aromatic carbocycles. The highest BCUT2D eigenvalue weighted by Crippen LogP contribution is 2.09. The Labute approximate surface area is 141 Å². The molecule has 0 spiro atoms. The summed E-state index contributed by atoms with van der Waals surface area (Å²) in [5.74, 6) is 0. The molecular formula is C14H32N2O8. The second-order valence-corrected chi connectivity index (χ2v) is 5.82. The van der Waals surface area contributed by atoms with E-state index in [0.29, 0.717) is 0 Å². The van der Waals surface area contributed by atoms with Gasteiger partial charge in [0.15, 0.2) is 0 Å². The highest BCUT2D eigenvalue weighted by atomic mass is 16.4. The molecule has 0 amide bonds. The molecule has 0 aromatic rings. The molecule has 0 rings (SSSR count). The summed E-state index contributed by atoms with van der Waals surface area (Å²) in [4.78, 5) is 1.47. The van der Waals surface area contributed by atoms with Crippen LogP contribution in [0.1, 0.15) is 12.8 Å². The molecule has 0 aliphatic heterocycles. The van der Waals surface area contributed by atoms with Crippen LogP contribution in [-0.2, 0) is 0 Å². The van der Waals surface area contributed by atoms with Crippen molar-refractivity contribution < 1.29 is 40.9 Å². The van der Waals surface area contributed by atoms with Gasteiger partial charge in [-0.05, 0) is 12.8 Å². The van der Waals surface area contributed by atoms with Gasteiger partial charge < -0.3 is 46.6 Å². The molecule has 0 aromatic heterocycles. The van der Waals surface area contributed by atoms with E-state index in [2.05, 4.69) is 0 Å². The first-order chi connectivity index (χ1) is 11.3. The highest BCUT2D eigenvalue weighted by molar-refractivity contribution is 4.82. The van der Waals surface area contributed by atoms with Crippen LogP contribution in [0.2, 0.25) is 0 Å². The van der Waals surface area contributed by atoms with Crippen molar-refractivity contribution in [3.63, 3.8) is 0 Å².